The molecule has 0 atom stereocenters. The van der Waals surface area contributed by atoms with Crippen molar-refractivity contribution in [3.05, 3.63) is 58.0 Å². The Balaban J connectivity index is 2.02. The average Bonchev–Trinajstić information content (AvgIpc) is 3.18. The Labute approximate surface area is 137 Å². The number of thiophene rings is 2. The first-order valence-corrected chi connectivity index (χ1v) is 8.48. The van der Waals surface area contributed by atoms with E-state index in [0.29, 0.717) is 0 Å². The number of hydrogen-bond donors (Lipinski definition) is 0. The summed E-state index contributed by atoms with van der Waals surface area (Å²) in [5.74, 6) is 0. The molecule has 0 spiro atoms. The summed E-state index contributed by atoms with van der Waals surface area (Å²) in [5, 5.41) is 0. The van der Waals surface area contributed by atoms with Gasteiger partial charge in [-0.15, -0.1) is 22.7 Å². The van der Waals surface area contributed by atoms with Gasteiger partial charge in [-0.2, -0.15) is 0 Å². The molecule has 0 aliphatic carbocycles. The summed E-state index contributed by atoms with van der Waals surface area (Å²) < 4.78 is 0. The van der Waals surface area contributed by atoms with Crippen LogP contribution in [0.3, 0.4) is 0 Å². The zero-order valence-corrected chi connectivity index (χ0v) is 13.9. The topological polar surface area (TPSA) is 34.1 Å². The van der Waals surface area contributed by atoms with E-state index < -0.39 is 0 Å². The third-order valence-electron chi connectivity index (χ3n) is 3.81. The molecule has 0 N–H and O–H groups in total. The van der Waals surface area contributed by atoms with Gasteiger partial charge in [-0.25, -0.2) is 0 Å². The quantitative estimate of drug-likeness (QED) is 0.603. The zero-order chi connectivity index (χ0) is 15.7. The number of rotatable bonds is 4. The van der Waals surface area contributed by atoms with Crippen LogP contribution in [-0.2, 0) is 0 Å². The van der Waals surface area contributed by atoms with E-state index in [2.05, 4.69) is 12.1 Å². The lowest BCUT2D eigenvalue weighted by atomic mass is 9.98. The van der Waals surface area contributed by atoms with Crippen LogP contribution in [0, 0.1) is 13.8 Å². The molecule has 2 nitrogen and oxygen atoms in total. The molecule has 110 valence electrons. The van der Waals surface area contributed by atoms with Gasteiger partial charge in [0.2, 0.25) is 0 Å². The average molecular weight is 326 g/mol. The molecule has 0 saturated heterocycles. The van der Waals surface area contributed by atoms with Crippen LogP contribution in [0.25, 0.3) is 20.2 Å². The normalized spacial score (nSPS) is 10.6. The fourth-order valence-corrected chi connectivity index (χ4v) is 4.40. The van der Waals surface area contributed by atoms with E-state index in [1.165, 1.54) is 16.2 Å². The second-order valence-corrected chi connectivity index (χ2v) is 7.25. The molecule has 0 bridgehead atoms. The smallest absolute Gasteiger partial charge is 0.160 e. The molecule has 3 rings (SSSR count). The fraction of sp³-hybridized carbons (Fsp3) is 0.111. The molecule has 2 heterocycles. The summed E-state index contributed by atoms with van der Waals surface area (Å²) >= 11 is 3.21. The minimum absolute atomic E-state index is 0.743. The molecule has 0 aliphatic heterocycles. The minimum atomic E-state index is 0.743. The highest BCUT2D eigenvalue weighted by atomic mass is 32.1. The summed E-state index contributed by atoms with van der Waals surface area (Å²) in [6, 6.07) is 11.9. The maximum Gasteiger partial charge on any atom is 0.160 e. The van der Waals surface area contributed by atoms with Gasteiger partial charge in [0.1, 0.15) is 6.29 Å². The van der Waals surface area contributed by atoms with E-state index >= 15 is 0 Å². The van der Waals surface area contributed by atoms with Crippen molar-refractivity contribution in [2.24, 2.45) is 0 Å². The third-order valence-corrected chi connectivity index (χ3v) is 6.14. The predicted molar refractivity (Wildman–Crippen MR) is 93.3 cm³/mol. The first kappa shape index (κ1) is 14.9. The van der Waals surface area contributed by atoms with Crippen molar-refractivity contribution in [3.63, 3.8) is 0 Å². The maximum absolute atomic E-state index is 11.0. The Bertz CT molecular complexity index is 856. The molecule has 0 radical (unpaired) electrons. The second-order valence-electron chi connectivity index (χ2n) is 5.05. The van der Waals surface area contributed by atoms with Gasteiger partial charge < -0.3 is 0 Å². The van der Waals surface area contributed by atoms with Crippen LogP contribution in [0.15, 0.2) is 36.4 Å². The number of aldehydes is 2. The highest BCUT2D eigenvalue weighted by Crippen LogP contribution is 2.39. The Hall–Kier alpha value is -2.04. The summed E-state index contributed by atoms with van der Waals surface area (Å²) in [6.45, 7) is 4.03. The van der Waals surface area contributed by atoms with E-state index in [0.717, 1.165) is 49.5 Å². The Morgan fingerprint density at radius 3 is 2.09 bits per heavy atom. The van der Waals surface area contributed by atoms with Crippen molar-refractivity contribution in [3.8, 4) is 20.2 Å². The minimum Gasteiger partial charge on any atom is -0.298 e. The predicted octanol–water partition coefficient (Wildman–Crippen LogP) is 5.39. The monoisotopic (exact) mass is 326 g/mol. The molecule has 4 heteroatoms. The lowest BCUT2D eigenvalue weighted by molar-refractivity contribution is 0.111. The number of benzene rings is 1. The van der Waals surface area contributed by atoms with Crippen LogP contribution >= 0.6 is 22.7 Å². The molecule has 0 amide bonds. The first-order chi connectivity index (χ1) is 10.6. The van der Waals surface area contributed by atoms with E-state index in [-0.39, 0.29) is 0 Å². The highest BCUT2D eigenvalue weighted by molar-refractivity contribution is 7.24. The number of hydrogen-bond acceptors (Lipinski definition) is 4. The van der Waals surface area contributed by atoms with Crippen LogP contribution in [0.5, 0.6) is 0 Å². The van der Waals surface area contributed by atoms with Gasteiger partial charge in [-0.05, 0) is 54.8 Å². The van der Waals surface area contributed by atoms with E-state index in [9.17, 15) is 9.59 Å². The van der Waals surface area contributed by atoms with Crippen molar-refractivity contribution in [2.45, 2.75) is 13.8 Å². The highest BCUT2D eigenvalue weighted by Gasteiger charge is 2.11. The lowest BCUT2D eigenvalue weighted by Gasteiger charge is -2.08. The summed E-state index contributed by atoms with van der Waals surface area (Å²) in [6.07, 6.45) is 1.78. The van der Waals surface area contributed by atoms with Crippen LogP contribution in [0.4, 0.5) is 0 Å². The van der Waals surface area contributed by atoms with Gasteiger partial charge in [0, 0.05) is 20.2 Å². The van der Waals surface area contributed by atoms with Gasteiger partial charge in [-0.3, -0.25) is 9.59 Å². The van der Waals surface area contributed by atoms with Gasteiger partial charge in [0.25, 0.3) is 0 Å². The molecule has 3 aromatic rings. The Kier molecular flexibility index (Phi) is 4.05. The molecule has 22 heavy (non-hydrogen) atoms. The van der Waals surface area contributed by atoms with Gasteiger partial charge in [-0.1, -0.05) is 12.1 Å². The zero-order valence-electron chi connectivity index (χ0n) is 12.3. The number of carbonyl (C=O) groups excluding carboxylic acids is 2. The Morgan fingerprint density at radius 2 is 1.41 bits per heavy atom. The molecular weight excluding hydrogens is 312 g/mol. The molecule has 2 aromatic heterocycles. The molecular formula is C18H14O2S2. The lowest BCUT2D eigenvalue weighted by Crippen LogP contribution is -1.92. The largest absolute Gasteiger partial charge is 0.298 e. The molecule has 0 fully saturated rings. The fourth-order valence-electron chi connectivity index (χ4n) is 2.40. The van der Waals surface area contributed by atoms with Gasteiger partial charge in [0.05, 0.1) is 4.88 Å². The van der Waals surface area contributed by atoms with E-state index in [1.54, 1.807) is 11.3 Å². The van der Waals surface area contributed by atoms with Crippen molar-refractivity contribution in [1.29, 1.82) is 0 Å². The van der Waals surface area contributed by atoms with E-state index in [4.69, 9.17) is 0 Å². The van der Waals surface area contributed by atoms with Crippen LogP contribution in [0.1, 0.15) is 31.2 Å². The third kappa shape index (κ3) is 2.56. The van der Waals surface area contributed by atoms with Gasteiger partial charge >= 0.3 is 0 Å². The van der Waals surface area contributed by atoms with Crippen molar-refractivity contribution >= 4 is 35.2 Å². The van der Waals surface area contributed by atoms with Gasteiger partial charge in [0.15, 0.2) is 6.29 Å². The molecule has 0 saturated carbocycles. The van der Waals surface area contributed by atoms with Crippen LogP contribution in [0.2, 0.25) is 0 Å². The first-order valence-electron chi connectivity index (χ1n) is 6.85. The second kappa shape index (κ2) is 5.99. The van der Waals surface area contributed by atoms with Crippen molar-refractivity contribution in [1.82, 2.24) is 0 Å². The summed E-state index contributed by atoms with van der Waals surface area (Å²) in [7, 11) is 0. The maximum atomic E-state index is 11.0. The summed E-state index contributed by atoms with van der Waals surface area (Å²) in [4.78, 5) is 26.0. The van der Waals surface area contributed by atoms with Crippen LogP contribution in [-0.4, -0.2) is 12.6 Å². The summed E-state index contributed by atoms with van der Waals surface area (Å²) in [5.41, 5.74) is 4.07. The van der Waals surface area contributed by atoms with Crippen molar-refractivity contribution in [2.75, 3.05) is 0 Å². The molecule has 0 unspecified atom stereocenters. The standard InChI is InChI=1S/C18H14O2S2/c1-11-12(2)15(5-3-13(11)9-19)16-7-8-18(22-16)17-6-4-14(10-20)21-17/h3-10H,1-2H3. The molecule has 0 aliphatic rings. The SMILES string of the molecule is Cc1c(C=O)ccc(-c2ccc(-c3ccc(C=O)s3)s2)c1C. The van der Waals surface area contributed by atoms with Crippen LogP contribution < -0.4 is 0 Å². The Morgan fingerprint density at radius 1 is 0.727 bits per heavy atom. The van der Waals surface area contributed by atoms with Crippen molar-refractivity contribution < 1.29 is 9.59 Å². The van der Waals surface area contributed by atoms with E-state index in [1.807, 2.05) is 38.1 Å². The molecule has 1 aromatic carbocycles. The number of carbonyl (C=O) groups is 2.